The predicted octanol–water partition coefficient (Wildman–Crippen LogP) is 2.80. The van der Waals surface area contributed by atoms with Crippen molar-refractivity contribution in [2.75, 3.05) is 11.1 Å². The molecule has 0 aromatic carbocycles. The van der Waals surface area contributed by atoms with Crippen molar-refractivity contribution in [3.8, 4) is 0 Å². The molecule has 0 bridgehead atoms. The van der Waals surface area contributed by atoms with E-state index in [2.05, 4.69) is 43.0 Å². The Hall–Kier alpha value is -1.03. The number of hydrogen-bond acceptors (Lipinski definition) is 4. The summed E-state index contributed by atoms with van der Waals surface area (Å²) in [7, 11) is 0. The van der Waals surface area contributed by atoms with E-state index >= 15 is 0 Å². The Labute approximate surface area is 102 Å². The van der Waals surface area contributed by atoms with Crippen LogP contribution in [0.3, 0.4) is 0 Å². The van der Waals surface area contributed by atoms with Crippen LogP contribution in [0.5, 0.6) is 0 Å². The van der Waals surface area contributed by atoms with Gasteiger partial charge >= 0.3 is 0 Å². The number of hydrogen-bond donors (Lipinski definition) is 2. The summed E-state index contributed by atoms with van der Waals surface area (Å²) in [4.78, 5) is 7.93. The SMILES string of the molecule is CC(C)C(Nc1cc(N)nc(Cl)n1)C(C)C. The third-order valence-electron chi connectivity index (χ3n) is 2.47. The Kier molecular flexibility index (Phi) is 4.35. The van der Waals surface area contributed by atoms with Gasteiger partial charge in [-0.3, -0.25) is 0 Å². The van der Waals surface area contributed by atoms with Crippen LogP contribution < -0.4 is 11.1 Å². The van der Waals surface area contributed by atoms with Gasteiger partial charge in [-0.1, -0.05) is 27.7 Å². The van der Waals surface area contributed by atoms with E-state index in [0.717, 1.165) is 0 Å². The van der Waals surface area contributed by atoms with Gasteiger partial charge in [-0.15, -0.1) is 0 Å². The minimum absolute atomic E-state index is 0.175. The molecule has 3 N–H and O–H groups in total. The first-order chi connectivity index (χ1) is 7.40. The minimum atomic E-state index is 0.175. The third kappa shape index (κ3) is 3.52. The molecule has 1 aromatic heterocycles. The highest BCUT2D eigenvalue weighted by Gasteiger charge is 2.17. The van der Waals surface area contributed by atoms with E-state index < -0.39 is 0 Å². The Morgan fingerprint density at radius 2 is 1.75 bits per heavy atom. The summed E-state index contributed by atoms with van der Waals surface area (Å²) >= 11 is 5.75. The molecule has 0 saturated carbocycles. The summed E-state index contributed by atoms with van der Waals surface area (Å²) in [6.45, 7) is 8.68. The summed E-state index contributed by atoms with van der Waals surface area (Å²) in [5, 5.41) is 3.52. The third-order valence-corrected chi connectivity index (χ3v) is 2.64. The largest absolute Gasteiger partial charge is 0.383 e. The lowest BCUT2D eigenvalue weighted by molar-refractivity contribution is 0.412. The maximum Gasteiger partial charge on any atom is 0.226 e. The lowest BCUT2D eigenvalue weighted by Crippen LogP contribution is -2.31. The van der Waals surface area contributed by atoms with E-state index in [4.69, 9.17) is 17.3 Å². The quantitative estimate of drug-likeness (QED) is 0.797. The maximum absolute atomic E-state index is 5.75. The van der Waals surface area contributed by atoms with Crippen LogP contribution in [0.4, 0.5) is 11.6 Å². The zero-order valence-corrected chi connectivity index (χ0v) is 10.9. The molecule has 5 heteroatoms. The van der Waals surface area contributed by atoms with Crippen molar-refractivity contribution in [3.63, 3.8) is 0 Å². The van der Waals surface area contributed by atoms with Crippen LogP contribution in [0.15, 0.2) is 6.07 Å². The fourth-order valence-electron chi connectivity index (χ4n) is 1.78. The van der Waals surface area contributed by atoms with E-state index in [1.165, 1.54) is 0 Å². The lowest BCUT2D eigenvalue weighted by Gasteiger charge is -2.26. The summed E-state index contributed by atoms with van der Waals surface area (Å²) in [6.07, 6.45) is 0. The number of nitrogen functional groups attached to an aromatic ring is 1. The van der Waals surface area contributed by atoms with Crippen molar-refractivity contribution < 1.29 is 0 Å². The molecule has 0 amide bonds. The molecule has 1 rings (SSSR count). The molecule has 0 aliphatic heterocycles. The topological polar surface area (TPSA) is 63.8 Å². The highest BCUT2D eigenvalue weighted by atomic mass is 35.5. The van der Waals surface area contributed by atoms with Gasteiger partial charge in [0.05, 0.1) is 0 Å². The van der Waals surface area contributed by atoms with Crippen LogP contribution in [0.2, 0.25) is 5.28 Å². The van der Waals surface area contributed by atoms with Crippen LogP contribution >= 0.6 is 11.6 Å². The van der Waals surface area contributed by atoms with Crippen LogP contribution in [0.1, 0.15) is 27.7 Å². The van der Waals surface area contributed by atoms with Crippen LogP contribution in [0, 0.1) is 11.8 Å². The molecule has 0 unspecified atom stereocenters. The standard InChI is InChI=1S/C11H19ClN4/c1-6(2)10(7(3)4)15-9-5-8(13)14-11(12)16-9/h5-7,10H,1-4H3,(H3,13,14,15,16). The smallest absolute Gasteiger partial charge is 0.226 e. The van der Waals surface area contributed by atoms with Crippen molar-refractivity contribution in [3.05, 3.63) is 11.3 Å². The molecule has 0 fully saturated rings. The molecule has 16 heavy (non-hydrogen) atoms. The zero-order chi connectivity index (χ0) is 12.3. The van der Waals surface area contributed by atoms with Gasteiger partial charge in [0.15, 0.2) is 0 Å². The molecule has 0 spiro atoms. The molecule has 0 saturated heterocycles. The number of nitrogens with zero attached hydrogens (tertiary/aromatic N) is 2. The van der Waals surface area contributed by atoms with Gasteiger partial charge in [0.2, 0.25) is 5.28 Å². The molecular weight excluding hydrogens is 224 g/mol. The number of rotatable bonds is 4. The van der Waals surface area contributed by atoms with Gasteiger partial charge in [-0.2, -0.15) is 0 Å². The highest BCUT2D eigenvalue weighted by Crippen LogP contribution is 2.19. The van der Waals surface area contributed by atoms with Crippen molar-refractivity contribution >= 4 is 23.2 Å². The Morgan fingerprint density at radius 1 is 1.19 bits per heavy atom. The van der Waals surface area contributed by atoms with Crippen LogP contribution in [-0.2, 0) is 0 Å². The fraction of sp³-hybridized carbons (Fsp3) is 0.636. The second-order valence-electron chi connectivity index (χ2n) is 4.61. The highest BCUT2D eigenvalue weighted by molar-refractivity contribution is 6.28. The Balaban J connectivity index is 2.85. The molecule has 4 nitrogen and oxygen atoms in total. The van der Waals surface area contributed by atoms with Crippen molar-refractivity contribution in [2.45, 2.75) is 33.7 Å². The lowest BCUT2D eigenvalue weighted by atomic mass is 9.93. The normalized spacial score (nSPS) is 11.5. The monoisotopic (exact) mass is 242 g/mol. The molecular formula is C11H19ClN4. The van der Waals surface area contributed by atoms with E-state index in [-0.39, 0.29) is 5.28 Å². The van der Waals surface area contributed by atoms with Gasteiger partial charge in [-0.05, 0) is 23.4 Å². The Bertz CT molecular complexity index is 324. The second kappa shape index (κ2) is 5.34. The van der Waals surface area contributed by atoms with Crippen molar-refractivity contribution in [1.29, 1.82) is 0 Å². The average molecular weight is 243 g/mol. The van der Waals surface area contributed by atoms with Gasteiger partial charge < -0.3 is 11.1 Å². The molecule has 0 aliphatic carbocycles. The summed E-state index contributed by atoms with van der Waals surface area (Å²) < 4.78 is 0. The molecule has 0 atom stereocenters. The number of nitrogens with two attached hydrogens (primary N) is 1. The van der Waals surface area contributed by atoms with E-state index in [0.29, 0.717) is 29.5 Å². The maximum atomic E-state index is 5.75. The molecule has 1 aromatic rings. The van der Waals surface area contributed by atoms with Crippen molar-refractivity contribution in [1.82, 2.24) is 9.97 Å². The number of nitrogens with one attached hydrogen (secondary N) is 1. The zero-order valence-electron chi connectivity index (χ0n) is 10.2. The average Bonchev–Trinajstić information content (AvgIpc) is 2.11. The first-order valence-corrected chi connectivity index (χ1v) is 5.84. The number of halogens is 1. The van der Waals surface area contributed by atoms with Gasteiger partial charge in [-0.25, -0.2) is 9.97 Å². The summed E-state index contributed by atoms with van der Waals surface area (Å²) in [5.74, 6) is 2.09. The molecule has 0 aliphatic rings. The van der Waals surface area contributed by atoms with Crippen LogP contribution in [-0.4, -0.2) is 16.0 Å². The molecule has 90 valence electrons. The van der Waals surface area contributed by atoms with Crippen LogP contribution in [0.25, 0.3) is 0 Å². The first kappa shape index (κ1) is 13.0. The second-order valence-corrected chi connectivity index (χ2v) is 4.94. The number of aromatic nitrogens is 2. The molecule has 0 radical (unpaired) electrons. The summed E-state index contributed by atoms with van der Waals surface area (Å²) in [6, 6.07) is 2.04. The number of anilines is 2. The van der Waals surface area contributed by atoms with E-state index in [1.807, 2.05) is 0 Å². The molecule has 1 heterocycles. The van der Waals surface area contributed by atoms with Crippen molar-refractivity contribution in [2.24, 2.45) is 11.8 Å². The van der Waals surface area contributed by atoms with E-state index in [9.17, 15) is 0 Å². The fourth-order valence-corrected chi connectivity index (χ4v) is 1.97. The van der Waals surface area contributed by atoms with Gasteiger partial charge in [0.1, 0.15) is 11.6 Å². The summed E-state index contributed by atoms with van der Waals surface area (Å²) in [5.41, 5.74) is 5.61. The van der Waals surface area contributed by atoms with Gasteiger partial charge in [0.25, 0.3) is 0 Å². The Morgan fingerprint density at radius 3 is 2.19 bits per heavy atom. The minimum Gasteiger partial charge on any atom is -0.383 e. The van der Waals surface area contributed by atoms with E-state index in [1.54, 1.807) is 6.07 Å². The predicted molar refractivity (Wildman–Crippen MR) is 68.5 cm³/mol. The first-order valence-electron chi connectivity index (χ1n) is 5.46. The van der Waals surface area contributed by atoms with Gasteiger partial charge in [0, 0.05) is 12.1 Å².